The fourth-order valence-corrected chi connectivity index (χ4v) is 2.35. The Bertz CT molecular complexity index is 623. The van der Waals surface area contributed by atoms with Gasteiger partial charge in [-0.1, -0.05) is 30.3 Å². The number of benzene rings is 1. The van der Waals surface area contributed by atoms with E-state index < -0.39 is 36.2 Å². The largest absolute Gasteiger partial charge is 0.467 e. The first-order valence-electron chi connectivity index (χ1n) is 9.11. The third kappa shape index (κ3) is 8.83. The number of amides is 2. The smallest absolute Gasteiger partial charge is 0.407 e. The topological polar surface area (TPSA) is 140 Å². The molecule has 0 unspecified atom stereocenters. The van der Waals surface area contributed by atoms with E-state index >= 15 is 0 Å². The molecular formula is C19H29N3O6. The molecule has 0 radical (unpaired) electrons. The van der Waals surface area contributed by atoms with Crippen molar-refractivity contribution in [3.63, 3.8) is 0 Å². The van der Waals surface area contributed by atoms with Crippen molar-refractivity contribution < 1.29 is 29.0 Å². The van der Waals surface area contributed by atoms with Crippen LogP contribution in [0.4, 0.5) is 4.79 Å². The molecule has 9 heteroatoms. The van der Waals surface area contributed by atoms with Crippen LogP contribution in [0, 0.1) is 0 Å². The number of esters is 1. The Morgan fingerprint density at radius 2 is 1.86 bits per heavy atom. The van der Waals surface area contributed by atoms with Gasteiger partial charge in [-0.15, -0.1) is 0 Å². The zero-order valence-corrected chi connectivity index (χ0v) is 16.2. The highest BCUT2D eigenvalue weighted by Gasteiger charge is 2.28. The summed E-state index contributed by atoms with van der Waals surface area (Å²) < 4.78 is 9.62. The molecule has 0 aliphatic carbocycles. The van der Waals surface area contributed by atoms with Crippen LogP contribution in [0.5, 0.6) is 0 Å². The monoisotopic (exact) mass is 395 g/mol. The van der Waals surface area contributed by atoms with E-state index in [-0.39, 0.29) is 6.61 Å². The number of methoxy groups -OCH3 is 1. The van der Waals surface area contributed by atoms with Gasteiger partial charge in [0.05, 0.1) is 19.3 Å². The molecule has 9 nitrogen and oxygen atoms in total. The highest BCUT2D eigenvalue weighted by molar-refractivity contribution is 5.87. The molecule has 3 atom stereocenters. The van der Waals surface area contributed by atoms with Crippen LogP contribution < -0.4 is 16.4 Å². The molecule has 0 aromatic heterocycles. The van der Waals surface area contributed by atoms with E-state index in [1.165, 1.54) is 14.0 Å². The molecule has 1 aromatic carbocycles. The van der Waals surface area contributed by atoms with Crippen LogP contribution in [0.15, 0.2) is 30.3 Å². The summed E-state index contributed by atoms with van der Waals surface area (Å²) in [5.74, 6) is -1.29. The van der Waals surface area contributed by atoms with Crippen LogP contribution in [-0.4, -0.2) is 54.9 Å². The van der Waals surface area contributed by atoms with Crippen molar-refractivity contribution in [1.29, 1.82) is 0 Å². The second-order valence-corrected chi connectivity index (χ2v) is 6.34. The minimum atomic E-state index is -1.16. The van der Waals surface area contributed by atoms with Gasteiger partial charge in [0.25, 0.3) is 0 Å². The molecule has 0 heterocycles. The van der Waals surface area contributed by atoms with E-state index in [9.17, 15) is 19.5 Å². The molecule has 0 bridgehead atoms. The first-order chi connectivity index (χ1) is 13.3. The number of nitrogens with two attached hydrogens (primary N) is 1. The fraction of sp³-hybridized carbons (Fsp3) is 0.526. The van der Waals surface area contributed by atoms with E-state index in [2.05, 4.69) is 15.4 Å². The van der Waals surface area contributed by atoms with Crippen LogP contribution in [0.3, 0.4) is 0 Å². The predicted octanol–water partition coefficient (Wildman–Crippen LogP) is 0.449. The van der Waals surface area contributed by atoms with Crippen molar-refractivity contribution in [2.45, 2.75) is 51.0 Å². The van der Waals surface area contributed by atoms with E-state index in [0.717, 1.165) is 5.56 Å². The predicted molar refractivity (Wildman–Crippen MR) is 102 cm³/mol. The summed E-state index contributed by atoms with van der Waals surface area (Å²) in [5.41, 5.74) is 6.70. The molecule has 1 rings (SSSR count). The lowest BCUT2D eigenvalue weighted by atomic mass is 10.1. The van der Waals surface area contributed by atoms with Crippen LogP contribution in [0.25, 0.3) is 0 Å². The lowest BCUT2D eigenvalue weighted by molar-refractivity contribution is -0.148. The zero-order valence-electron chi connectivity index (χ0n) is 16.2. The summed E-state index contributed by atoms with van der Waals surface area (Å²) in [5, 5.41) is 14.6. The number of aliphatic hydroxyl groups excluding tert-OH is 1. The number of carbonyl (C=O) groups excluding carboxylic acids is 3. The van der Waals surface area contributed by atoms with Gasteiger partial charge in [-0.05, 0) is 31.7 Å². The molecule has 0 saturated carbocycles. The molecule has 0 saturated heterocycles. The highest BCUT2D eigenvalue weighted by atomic mass is 16.5. The summed E-state index contributed by atoms with van der Waals surface area (Å²) in [7, 11) is 1.17. The maximum absolute atomic E-state index is 12.0. The summed E-state index contributed by atoms with van der Waals surface area (Å²) in [4.78, 5) is 35.2. The SMILES string of the molecule is COC(=O)[C@H](NC(=O)[C@H](N)CCCCNC(=O)OCc1ccccc1)[C@@H](C)O. The van der Waals surface area contributed by atoms with Gasteiger partial charge in [-0.25, -0.2) is 9.59 Å². The van der Waals surface area contributed by atoms with Crippen LogP contribution >= 0.6 is 0 Å². The van der Waals surface area contributed by atoms with Crippen molar-refractivity contribution in [1.82, 2.24) is 10.6 Å². The number of aliphatic hydroxyl groups is 1. The average Bonchev–Trinajstić information content (AvgIpc) is 2.69. The zero-order chi connectivity index (χ0) is 20.9. The molecule has 1 aromatic rings. The second kappa shape index (κ2) is 12.7. The Morgan fingerprint density at radius 1 is 1.18 bits per heavy atom. The van der Waals surface area contributed by atoms with Gasteiger partial charge < -0.3 is 30.9 Å². The highest BCUT2D eigenvalue weighted by Crippen LogP contribution is 2.03. The molecular weight excluding hydrogens is 366 g/mol. The molecule has 5 N–H and O–H groups in total. The number of ether oxygens (including phenoxy) is 2. The normalized spacial score (nSPS) is 13.7. The second-order valence-electron chi connectivity index (χ2n) is 6.34. The summed E-state index contributed by atoms with van der Waals surface area (Å²) in [6.07, 6.45) is -0.0534. The van der Waals surface area contributed by atoms with Crippen molar-refractivity contribution >= 4 is 18.0 Å². The van der Waals surface area contributed by atoms with Crippen molar-refractivity contribution in [3.8, 4) is 0 Å². The van der Waals surface area contributed by atoms with Gasteiger partial charge >= 0.3 is 12.1 Å². The standard InChI is InChI=1S/C19H29N3O6/c1-13(23)16(18(25)27-2)22-17(24)15(20)10-6-7-11-21-19(26)28-12-14-8-4-3-5-9-14/h3-5,8-9,13,15-16,23H,6-7,10-12,20H2,1-2H3,(H,21,26)(H,22,24)/t13-,15-,16-/m1/s1. The number of hydrogen-bond acceptors (Lipinski definition) is 7. The number of hydrogen-bond donors (Lipinski definition) is 4. The minimum absolute atomic E-state index is 0.197. The van der Waals surface area contributed by atoms with Crippen LogP contribution in [-0.2, 0) is 25.7 Å². The number of unbranched alkanes of at least 4 members (excludes halogenated alkanes) is 1. The van der Waals surface area contributed by atoms with Crippen molar-refractivity contribution in [2.75, 3.05) is 13.7 Å². The van der Waals surface area contributed by atoms with Gasteiger partial charge in [0.2, 0.25) is 5.91 Å². The quantitative estimate of drug-likeness (QED) is 0.315. The first kappa shape index (κ1) is 23.4. The Morgan fingerprint density at radius 3 is 2.46 bits per heavy atom. The van der Waals surface area contributed by atoms with Gasteiger partial charge in [0.15, 0.2) is 6.04 Å². The fourth-order valence-electron chi connectivity index (χ4n) is 2.35. The third-order valence-corrected chi connectivity index (χ3v) is 4.00. The van der Waals surface area contributed by atoms with Crippen LogP contribution in [0.1, 0.15) is 31.7 Å². The van der Waals surface area contributed by atoms with E-state index in [4.69, 9.17) is 10.5 Å². The Balaban J connectivity index is 2.19. The lowest BCUT2D eigenvalue weighted by Crippen LogP contribution is -2.53. The molecule has 2 amide bonds. The number of alkyl carbamates (subject to hydrolysis) is 1. The summed E-state index contributed by atoms with van der Waals surface area (Å²) in [6, 6.07) is 7.34. The van der Waals surface area contributed by atoms with E-state index in [0.29, 0.717) is 25.8 Å². The molecule has 0 aliphatic rings. The average molecular weight is 395 g/mol. The van der Waals surface area contributed by atoms with E-state index in [1.807, 2.05) is 30.3 Å². The van der Waals surface area contributed by atoms with E-state index in [1.54, 1.807) is 0 Å². The molecule has 28 heavy (non-hydrogen) atoms. The number of rotatable bonds is 11. The minimum Gasteiger partial charge on any atom is -0.467 e. The molecule has 156 valence electrons. The van der Waals surface area contributed by atoms with Gasteiger partial charge in [-0.2, -0.15) is 0 Å². The maximum Gasteiger partial charge on any atom is 0.407 e. The maximum atomic E-state index is 12.0. The third-order valence-electron chi connectivity index (χ3n) is 4.00. The Hall–Kier alpha value is -2.65. The Kier molecular flexibility index (Phi) is 10.6. The van der Waals surface area contributed by atoms with Crippen LogP contribution in [0.2, 0.25) is 0 Å². The lowest BCUT2D eigenvalue weighted by Gasteiger charge is -2.21. The molecule has 0 aliphatic heterocycles. The number of nitrogens with one attached hydrogen (secondary N) is 2. The molecule has 0 spiro atoms. The van der Waals surface area contributed by atoms with Crippen molar-refractivity contribution in [3.05, 3.63) is 35.9 Å². The molecule has 0 fully saturated rings. The summed E-state index contributed by atoms with van der Waals surface area (Å²) >= 11 is 0. The first-order valence-corrected chi connectivity index (χ1v) is 9.11. The van der Waals surface area contributed by atoms with Gasteiger partial charge in [0, 0.05) is 6.54 Å². The van der Waals surface area contributed by atoms with Gasteiger partial charge in [0.1, 0.15) is 6.61 Å². The summed E-state index contributed by atoms with van der Waals surface area (Å²) in [6.45, 7) is 1.96. The van der Waals surface area contributed by atoms with Crippen molar-refractivity contribution in [2.24, 2.45) is 5.73 Å². The Labute approximate surface area is 164 Å². The number of carbonyl (C=O) groups is 3. The van der Waals surface area contributed by atoms with Gasteiger partial charge in [-0.3, -0.25) is 4.79 Å².